The molecule has 0 saturated carbocycles. The summed E-state index contributed by atoms with van der Waals surface area (Å²) in [6.45, 7) is 1.94. The average molecular weight is 503 g/mol. The molecule has 7 nitrogen and oxygen atoms in total. The lowest BCUT2D eigenvalue weighted by atomic mass is 10.1. The van der Waals surface area contributed by atoms with Gasteiger partial charge in [0.15, 0.2) is 4.34 Å². The Morgan fingerprint density at radius 1 is 1.06 bits per heavy atom. The number of nitrogens with zero attached hydrogens (tertiary/aromatic N) is 2. The Labute approximate surface area is 210 Å². The van der Waals surface area contributed by atoms with Crippen molar-refractivity contribution >= 4 is 56.7 Å². The van der Waals surface area contributed by atoms with Crippen molar-refractivity contribution in [1.29, 1.82) is 0 Å². The molecule has 1 aliphatic heterocycles. The van der Waals surface area contributed by atoms with Gasteiger partial charge in [0.25, 0.3) is 11.8 Å². The van der Waals surface area contributed by atoms with Crippen molar-refractivity contribution in [3.8, 4) is 0 Å². The molecule has 0 aliphatic carbocycles. The van der Waals surface area contributed by atoms with Gasteiger partial charge in [-0.05, 0) is 48.9 Å². The quantitative estimate of drug-likeness (QED) is 0.220. The van der Waals surface area contributed by atoms with Gasteiger partial charge >= 0.3 is 0 Å². The fraction of sp³-hybridized carbons (Fsp3) is 0.154. The largest absolute Gasteiger partial charge is 0.287 e. The van der Waals surface area contributed by atoms with Gasteiger partial charge in [0.2, 0.25) is 5.91 Å². The number of hydrazine groups is 1. The third-order valence-electron chi connectivity index (χ3n) is 5.65. The molecule has 1 aromatic heterocycles. The van der Waals surface area contributed by atoms with Gasteiger partial charge < -0.3 is 0 Å². The standard InChI is InChI=1S/C26H22N4O3S2/c1-16-6-12-19(13-7-16)30-23(31)14-21(25(30)33)28-29-24(32)18-10-8-17(9-11-18)15-34-26-27-20-4-2-3-5-22(20)35-26/h2-13,21,28H,14-15H2,1H3,(H,29,32)/t21-/m0/s1. The number of hydrogen-bond donors (Lipinski definition) is 2. The second-order valence-electron chi connectivity index (χ2n) is 8.19. The lowest BCUT2D eigenvalue weighted by Gasteiger charge is -2.16. The van der Waals surface area contributed by atoms with Crippen molar-refractivity contribution < 1.29 is 14.4 Å². The lowest BCUT2D eigenvalue weighted by molar-refractivity contribution is -0.121. The number of aromatic nitrogens is 1. The molecule has 1 atom stereocenters. The first-order chi connectivity index (χ1) is 17.0. The Morgan fingerprint density at radius 2 is 1.80 bits per heavy atom. The maximum Gasteiger partial charge on any atom is 0.265 e. The number of aryl methyl sites for hydroxylation is 1. The third-order valence-corrected chi connectivity index (χ3v) is 7.90. The van der Waals surface area contributed by atoms with Crippen molar-refractivity contribution in [1.82, 2.24) is 15.8 Å². The maximum atomic E-state index is 12.7. The minimum Gasteiger partial charge on any atom is -0.287 e. The van der Waals surface area contributed by atoms with Crippen molar-refractivity contribution in [2.45, 2.75) is 29.5 Å². The molecule has 2 heterocycles. The van der Waals surface area contributed by atoms with E-state index in [2.05, 4.69) is 21.9 Å². The summed E-state index contributed by atoms with van der Waals surface area (Å²) in [6, 6.07) is 21.7. The summed E-state index contributed by atoms with van der Waals surface area (Å²) in [5.41, 5.74) is 9.39. The van der Waals surface area contributed by atoms with Crippen LogP contribution in [0, 0.1) is 6.92 Å². The number of nitrogens with one attached hydrogen (secondary N) is 2. The summed E-state index contributed by atoms with van der Waals surface area (Å²) in [6.07, 6.45) is -0.0189. The highest BCUT2D eigenvalue weighted by atomic mass is 32.2. The normalized spacial score (nSPS) is 15.7. The first kappa shape index (κ1) is 23.2. The number of thioether (sulfide) groups is 1. The molecule has 176 valence electrons. The van der Waals surface area contributed by atoms with Gasteiger partial charge in [-0.25, -0.2) is 15.3 Å². The predicted molar refractivity (Wildman–Crippen MR) is 138 cm³/mol. The van der Waals surface area contributed by atoms with Crippen LogP contribution < -0.4 is 15.8 Å². The Bertz CT molecular complexity index is 1370. The highest BCUT2D eigenvalue weighted by Crippen LogP contribution is 2.31. The van der Waals surface area contributed by atoms with E-state index < -0.39 is 6.04 Å². The van der Waals surface area contributed by atoms with Crippen LogP contribution in [0.4, 0.5) is 5.69 Å². The molecule has 0 unspecified atom stereocenters. The molecule has 2 N–H and O–H groups in total. The van der Waals surface area contributed by atoms with Crippen molar-refractivity contribution in [2.24, 2.45) is 0 Å². The molecule has 1 saturated heterocycles. The van der Waals surface area contributed by atoms with Gasteiger partial charge in [0.05, 0.1) is 22.3 Å². The highest BCUT2D eigenvalue weighted by Gasteiger charge is 2.39. The zero-order valence-electron chi connectivity index (χ0n) is 18.9. The molecular formula is C26H22N4O3S2. The number of thiazole rings is 1. The first-order valence-corrected chi connectivity index (χ1v) is 12.8. The van der Waals surface area contributed by atoms with Crippen molar-refractivity contribution in [2.75, 3.05) is 4.90 Å². The Morgan fingerprint density at radius 3 is 2.54 bits per heavy atom. The molecular weight excluding hydrogens is 480 g/mol. The summed E-state index contributed by atoms with van der Waals surface area (Å²) in [5.74, 6) is -0.320. The van der Waals surface area contributed by atoms with E-state index in [0.29, 0.717) is 11.3 Å². The van der Waals surface area contributed by atoms with Crippen LogP contribution >= 0.6 is 23.1 Å². The fourth-order valence-corrected chi connectivity index (χ4v) is 5.77. The number of para-hydroxylation sites is 1. The van der Waals surface area contributed by atoms with E-state index in [-0.39, 0.29) is 24.1 Å². The number of rotatable bonds is 7. The Balaban J connectivity index is 1.15. The minimum atomic E-state index is -0.808. The van der Waals surface area contributed by atoms with E-state index in [1.807, 2.05) is 49.4 Å². The third kappa shape index (κ3) is 5.12. The van der Waals surface area contributed by atoms with Crippen LogP contribution in [-0.4, -0.2) is 28.7 Å². The number of hydrogen-bond acceptors (Lipinski definition) is 7. The van der Waals surface area contributed by atoms with Gasteiger partial charge in [-0.15, -0.1) is 11.3 Å². The number of anilines is 1. The molecule has 1 fully saturated rings. The summed E-state index contributed by atoms with van der Waals surface area (Å²) in [4.78, 5) is 43.5. The molecule has 5 rings (SSSR count). The molecule has 0 radical (unpaired) electrons. The Hall–Kier alpha value is -3.53. The zero-order chi connectivity index (χ0) is 24.4. The van der Waals surface area contributed by atoms with E-state index in [4.69, 9.17) is 0 Å². The van der Waals surface area contributed by atoms with E-state index in [0.717, 1.165) is 31.6 Å². The van der Waals surface area contributed by atoms with E-state index in [9.17, 15) is 14.4 Å². The van der Waals surface area contributed by atoms with Crippen LogP contribution in [0.3, 0.4) is 0 Å². The summed E-state index contributed by atoms with van der Waals surface area (Å²) in [7, 11) is 0. The predicted octanol–water partition coefficient (Wildman–Crippen LogP) is 4.46. The summed E-state index contributed by atoms with van der Waals surface area (Å²) in [5, 5.41) is 0. The summed E-state index contributed by atoms with van der Waals surface area (Å²) < 4.78 is 2.17. The summed E-state index contributed by atoms with van der Waals surface area (Å²) >= 11 is 3.33. The average Bonchev–Trinajstić information content (AvgIpc) is 3.41. The molecule has 0 spiro atoms. The maximum absolute atomic E-state index is 12.7. The lowest BCUT2D eigenvalue weighted by Crippen LogP contribution is -2.48. The van der Waals surface area contributed by atoms with Gasteiger partial charge in [-0.1, -0.05) is 53.7 Å². The van der Waals surface area contributed by atoms with Gasteiger partial charge in [-0.3, -0.25) is 19.8 Å². The van der Waals surface area contributed by atoms with Crippen molar-refractivity contribution in [3.05, 3.63) is 89.5 Å². The molecule has 35 heavy (non-hydrogen) atoms. The van der Waals surface area contributed by atoms with Crippen LogP contribution in [-0.2, 0) is 15.3 Å². The Kier molecular flexibility index (Phi) is 6.63. The fourth-order valence-electron chi connectivity index (χ4n) is 3.74. The monoisotopic (exact) mass is 502 g/mol. The number of benzene rings is 3. The SMILES string of the molecule is Cc1ccc(N2C(=O)C[C@H](NNC(=O)c3ccc(CSc4nc5ccccc5s4)cc3)C2=O)cc1. The van der Waals surface area contributed by atoms with Gasteiger partial charge in [-0.2, -0.15) is 0 Å². The molecule has 0 bridgehead atoms. The number of carbonyl (C=O) groups is 3. The van der Waals surface area contributed by atoms with Crippen LogP contribution in [0.15, 0.2) is 77.1 Å². The highest BCUT2D eigenvalue weighted by molar-refractivity contribution is 8.00. The molecule has 4 aromatic rings. The number of imide groups is 1. The van der Waals surface area contributed by atoms with E-state index >= 15 is 0 Å². The van der Waals surface area contributed by atoms with Crippen LogP contribution in [0.5, 0.6) is 0 Å². The van der Waals surface area contributed by atoms with Crippen LogP contribution in [0.2, 0.25) is 0 Å². The number of amides is 3. The van der Waals surface area contributed by atoms with Gasteiger partial charge in [0, 0.05) is 11.3 Å². The number of fused-ring (bicyclic) bond motifs is 1. The first-order valence-electron chi connectivity index (χ1n) is 11.0. The second kappa shape index (κ2) is 9.99. The van der Waals surface area contributed by atoms with E-state index in [1.165, 1.54) is 4.70 Å². The van der Waals surface area contributed by atoms with Crippen molar-refractivity contribution in [3.63, 3.8) is 0 Å². The molecule has 3 amide bonds. The smallest absolute Gasteiger partial charge is 0.265 e. The molecule has 3 aromatic carbocycles. The number of carbonyl (C=O) groups excluding carboxylic acids is 3. The molecule has 1 aliphatic rings. The zero-order valence-corrected chi connectivity index (χ0v) is 20.5. The van der Waals surface area contributed by atoms with E-state index in [1.54, 1.807) is 47.4 Å². The second-order valence-corrected chi connectivity index (χ2v) is 10.4. The minimum absolute atomic E-state index is 0.0189. The van der Waals surface area contributed by atoms with Gasteiger partial charge in [0.1, 0.15) is 6.04 Å². The topological polar surface area (TPSA) is 91.4 Å². The van der Waals surface area contributed by atoms with Crippen LogP contribution in [0.25, 0.3) is 10.2 Å². The molecule has 9 heteroatoms. The van der Waals surface area contributed by atoms with Crippen LogP contribution in [0.1, 0.15) is 27.9 Å².